The molecular formula is C12H11N3O9S2. The third-order valence-corrected chi connectivity index (χ3v) is 6.48. The fourth-order valence-electron chi connectivity index (χ4n) is 1.73. The molecule has 2 aromatic rings. The van der Waals surface area contributed by atoms with Gasteiger partial charge in [0.15, 0.2) is 0 Å². The predicted octanol–water partition coefficient (Wildman–Crippen LogP) is 0.345. The summed E-state index contributed by atoms with van der Waals surface area (Å²) in [5.41, 5.74) is -0.727. The average Bonchev–Trinajstić information content (AvgIpc) is 2.54. The lowest BCUT2D eigenvalue weighted by molar-refractivity contribution is -0.385. The minimum atomic E-state index is -4.53. The summed E-state index contributed by atoms with van der Waals surface area (Å²) in [6.07, 6.45) is 0. The number of nitrogens with zero attached hydrogens (tertiary/aromatic N) is 2. The standard InChI is InChI=1S/C12H9N3O8S2.H2O/c16-14(17)9-1-5-11(6-2-9)24(20,21)13-25(22,23)12-7-3-10(4-8-12)15(18)19;/h1-8,13H;1H2. The van der Waals surface area contributed by atoms with Crippen molar-refractivity contribution in [2.45, 2.75) is 9.79 Å². The maximum absolute atomic E-state index is 12.1. The molecule has 0 aliphatic carbocycles. The zero-order chi connectivity index (χ0) is 18.8. The molecule has 3 N–H and O–H groups in total. The fourth-order valence-corrected chi connectivity index (χ4v) is 4.65. The van der Waals surface area contributed by atoms with Gasteiger partial charge in [0, 0.05) is 24.3 Å². The molecule has 0 bridgehead atoms. The second-order valence-electron chi connectivity index (χ2n) is 4.59. The molecule has 0 saturated carbocycles. The van der Waals surface area contributed by atoms with Crippen LogP contribution in [0.4, 0.5) is 11.4 Å². The van der Waals surface area contributed by atoms with Crippen LogP contribution in [0.15, 0.2) is 58.3 Å². The van der Waals surface area contributed by atoms with E-state index < -0.39 is 39.7 Å². The molecule has 0 fully saturated rings. The van der Waals surface area contributed by atoms with Gasteiger partial charge in [-0.2, -0.15) is 0 Å². The number of hydrogen-bond donors (Lipinski definition) is 1. The molecule has 0 spiro atoms. The van der Waals surface area contributed by atoms with Crippen LogP contribution in [0.5, 0.6) is 0 Å². The molecule has 0 unspecified atom stereocenters. The van der Waals surface area contributed by atoms with Crippen molar-refractivity contribution >= 4 is 31.4 Å². The summed E-state index contributed by atoms with van der Waals surface area (Å²) in [5.74, 6) is 0. The second kappa shape index (κ2) is 7.52. The van der Waals surface area contributed by atoms with Gasteiger partial charge >= 0.3 is 0 Å². The summed E-state index contributed by atoms with van der Waals surface area (Å²) in [6, 6.07) is 7.16. The number of hydrogen-bond acceptors (Lipinski definition) is 8. The zero-order valence-electron chi connectivity index (χ0n) is 12.6. The molecule has 0 amide bonds. The van der Waals surface area contributed by atoms with E-state index in [-0.39, 0.29) is 16.9 Å². The van der Waals surface area contributed by atoms with Gasteiger partial charge in [-0.15, -0.1) is 4.13 Å². The van der Waals surface area contributed by atoms with Gasteiger partial charge in [-0.1, -0.05) is 0 Å². The molecule has 0 saturated heterocycles. The van der Waals surface area contributed by atoms with Crippen LogP contribution in [-0.2, 0) is 20.0 Å². The molecule has 140 valence electrons. The van der Waals surface area contributed by atoms with Crippen molar-refractivity contribution in [3.63, 3.8) is 0 Å². The Balaban J connectivity index is 0.00000338. The van der Waals surface area contributed by atoms with Crippen molar-refractivity contribution in [3.8, 4) is 0 Å². The van der Waals surface area contributed by atoms with Crippen molar-refractivity contribution in [3.05, 3.63) is 68.8 Å². The fraction of sp³-hybridized carbons (Fsp3) is 0. The molecule has 0 radical (unpaired) electrons. The Morgan fingerprint density at radius 3 is 1.15 bits per heavy atom. The minimum Gasteiger partial charge on any atom is -0.412 e. The number of nitro groups is 2. The first-order valence-electron chi connectivity index (χ1n) is 6.30. The van der Waals surface area contributed by atoms with E-state index in [1.807, 2.05) is 0 Å². The first-order chi connectivity index (χ1) is 11.5. The highest BCUT2D eigenvalue weighted by molar-refractivity contribution is 8.04. The SMILES string of the molecule is O.O=[N+]([O-])c1ccc(S(=O)(=O)NS(=O)(=O)c2ccc([N+](=O)[O-])cc2)cc1. The van der Waals surface area contributed by atoms with Gasteiger partial charge in [0.05, 0.1) is 19.6 Å². The quantitative estimate of drug-likeness (QED) is 0.524. The molecule has 0 heterocycles. The Hall–Kier alpha value is -2.94. The largest absolute Gasteiger partial charge is 0.412 e. The van der Waals surface area contributed by atoms with Crippen molar-refractivity contribution in [2.24, 2.45) is 0 Å². The summed E-state index contributed by atoms with van der Waals surface area (Å²) in [7, 11) is -9.06. The molecule has 2 rings (SSSR count). The predicted molar refractivity (Wildman–Crippen MR) is 87.3 cm³/mol. The topological polar surface area (TPSA) is 198 Å². The van der Waals surface area contributed by atoms with Gasteiger partial charge in [-0.05, 0) is 24.3 Å². The number of nitrogens with one attached hydrogen (secondary N) is 1. The maximum Gasteiger partial charge on any atom is 0.269 e. The van der Waals surface area contributed by atoms with Gasteiger partial charge < -0.3 is 5.48 Å². The Kier molecular flexibility index (Phi) is 6.11. The van der Waals surface area contributed by atoms with E-state index in [1.54, 1.807) is 0 Å². The van der Waals surface area contributed by atoms with Crippen molar-refractivity contribution in [1.29, 1.82) is 0 Å². The van der Waals surface area contributed by atoms with Crippen molar-refractivity contribution in [2.75, 3.05) is 0 Å². The molecule has 26 heavy (non-hydrogen) atoms. The van der Waals surface area contributed by atoms with Crippen LogP contribution < -0.4 is 4.13 Å². The average molecular weight is 405 g/mol. The van der Waals surface area contributed by atoms with Gasteiger partial charge in [-0.25, -0.2) is 16.8 Å². The Bertz CT molecular complexity index is 945. The van der Waals surface area contributed by atoms with Crippen LogP contribution in [0.25, 0.3) is 0 Å². The van der Waals surface area contributed by atoms with Gasteiger partial charge in [0.2, 0.25) is 0 Å². The van der Waals surface area contributed by atoms with Crippen molar-refractivity contribution in [1.82, 2.24) is 4.13 Å². The number of nitro benzene ring substituents is 2. The van der Waals surface area contributed by atoms with Crippen LogP contribution in [0.2, 0.25) is 0 Å². The van der Waals surface area contributed by atoms with Gasteiger partial charge in [0.1, 0.15) is 0 Å². The molecular weight excluding hydrogens is 394 g/mol. The summed E-state index contributed by atoms with van der Waals surface area (Å²) in [5, 5.41) is 21.1. The third-order valence-electron chi connectivity index (χ3n) is 2.94. The first-order valence-corrected chi connectivity index (χ1v) is 9.27. The molecule has 12 nitrogen and oxygen atoms in total. The summed E-state index contributed by atoms with van der Waals surface area (Å²) in [4.78, 5) is 18.6. The highest BCUT2D eigenvalue weighted by Gasteiger charge is 2.25. The number of sulfonamides is 2. The number of benzene rings is 2. The minimum absolute atomic E-state index is 0. The van der Waals surface area contributed by atoms with Crippen LogP contribution >= 0.6 is 0 Å². The van der Waals surface area contributed by atoms with E-state index in [0.29, 0.717) is 0 Å². The van der Waals surface area contributed by atoms with Crippen LogP contribution in [0, 0.1) is 20.2 Å². The summed E-state index contributed by atoms with van der Waals surface area (Å²) < 4.78 is 49.9. The highest BCUT2D eigenvalue weighted by Crippen LogP contribution is 2.19. The van der Waals surface area contributed by atoms with Crippen LogP contribution in [-0.4, -0.2) is 32.2 Å². The highest BCUT2D eigenvalue weighted by atomic mass is 32.3. The van der Waals surface area contributed by atoms with Crippen LogP contribution in [0.3, 0.4) is 0 Å². The second-order valence-corrected chi connectivity index (χ2v) is 8.22. The maximum atomic E-state index is 12.1. The van der Waals surface area contributed by atoms with E-state index in [2.05, 4.69) is 0 Å². The van der Waals surface area contributed by atoms with Crippen LogP contribution in [0.1, 0.15) is 0 Å². The Morgan fingerprint density at radius 2 is 0.923 bits per heavy atom. The number of rotatable bonds is 6. The normalized spacial score (nSPS) is 11.4. The molecule has 0 aromatic heterocycles. The lowest BCUT2D eigenvalue weighted by Gasteiger charge is -2.08. The summed E-state index contributed by atoms with van der Waals surface area (Å²) >= 11 is 0. The van der Waals surface area contributed by atoms with E-state index in [0.717, 1.165) is 48.5 Å². The van der Waals surface area contributed by atoms with E-state index in [9.17, 15) is 37.1 Å². The van der Waals surface area contributed by atoms with Gasteiger partial charge in [0.25, 0.3) is 31.4 Å². The lowest BCUT2D eigenvalue weighted by atomic mass is 10.3. The van der Waals surface area contributed by atoms with E-state index in [4.69, 9.17) is 0 Å². The third kappa shape index (κ3) is 4.57. The first kappa shape index (κ1) is 21.1. The Morgan fingerprint density at radius 1 is 0.654 bits per heavy atom. The monoisotopic (exact) mass is 405 g/mol. The Labute approximate surface area is 146 Å². The molecule has 0 aliphatic rings. The van der Waals surface area contributed by atoms with Crippen molar-refractivity contribution < 1.29 is 32.2 Å². The van der Waals surface area contributed by atoms with Gasteiger partial charge in [-0.3, -0.25) is 20.2 Å². The zero-order valence-corrected chi connectivity index (χ0v) is 14.2. The molecule has 2 aromatic carbocycles. The van der Waals surface area contributed by atoms with E-state index in [1.165, 1.54) is 4.13 Å². The molecule has 0 aliphatic heterocycles. The van der Waals surface area contributed by atoms with E-state index >= 15 is 0 Å². The molecule has 0 atom stereocenters. The lowest BCUT2D eigenvalue weighted by Crippen LogP contribution is -2.30. The smallest absolute Gasteiger partial charge is 0.269 e. The summed E-state index contributed by atoms with van der Waals surface area (Å²) in [6.45, 7) is 0. The molecule has 14 heteroatoms. The number of non-ortho nitro benzene ring substituents is 2.